The summed E-state index contributed by atoms with van der Waals surface area (Å²) in [5.74, 6) is 0. The smallest absolute Gasteiger partial charge is 0.235 e. The molecule has 0 aliphatic heterocycles. The highest BCUT2D eigenvalue weighted by Gasteiger charge is 2.33. The van der Waals surface area contributed by atoms with Crippen LogP contribution in [0.1, 0.15) is 0 Å². The molecule has 0 radical (unpaired) electrons. The lowest BCUT2D eigenvalue weighted by atomic mass is 10.5. The van der Waals surface area contributed by atoms with Crippen molar-refractivity contribution in [3.05, 3.63) is 23.4 Å². The van der Waals surface area contributed by atoms with Gasteiger partial charge in [-0.2, -0.15) is 18.3 Å². The van der Waals surface area contributed by atoms with E-state index in [-0.39, 0.29) is 0 Å². The van der Waals surface area contributed by atoms with Crippen molar-refractivity contribution >= 4 is 21.6 Å². The van der Waals surface area contributed by atoms with Crippen LogP contribution in [0, 0.1) is 0 Å². The molecule has 0 N–H and O–H groups in total. The third-order valence-corrected chi connectivity index (χ3v) is 1.56. The fourth-order valence-corrected chi connectivity index (χ4v) is 0.864. The van der Waals surface area contributed by atoms with Crippen LogP contribution in [0.3, 0.4) is 0 Å². The highest BCUT2D eigenvalue weighted by molar-refractivity contribution is 9.10. The number of hydrogen-bond donors (Lipinski definition) is 0. The largest absolute Gasteiger partial charge is 0.432 e. The van der Waals surface area contributed by atoms with Crippen molar-refractivity contribution in [2.75, 3.05) is 0 Å². The highest BCUT2D eigenvalue weighted by Crippen LogP contribution is 2.27. The average molecular weight is 241 g/mol. The van der Waals surface area contributed by atoms with Gasteiger partial charge in [0.25, 0.3) is 0 Å². The number of aromatic nitrogens is 2. The first kappa shape index (κ1) is 9.31. The summed E-state index contributed by atoms with van der Waals surface area (Å²) in [4.78, 5) is 0. The molecule has 66 valence electrons. The Hall–Kier alpha value is -0.780. The topological polar surface area (TPSA) is 17.8 Å². The molecule has 2 nitrogen and oxygen atoms in total. The Balaban J connectivity index is 2.93. The molecule has 0 aromatic carbocycles. The molecule has 0 aliphatic rings. The van der Waals surface area contributed by atoms with Crippen molar-refractivity contribution in [2.45, 2.75) is 6.18 Å². The Kier molecular flexibility index (Phi) is 2.27. The maximum absolute atomic E-state index is 12.0. The van der Waals surface area contributed by atoms with E-state index in [1.807, 2.05) is 0 Å². The van der Waals surface area contributed by atoms with Crippen LogP contribution in [0.5, 0.6) is 0 Å². The lowest BCUT2D eigenvalue weighted by Crippen LogP contribution is -2.15. The van der Waals surface area contributed by atoms with E-state index >= 15 is 0 Å². The molecule has 6 heteroatoms. The molecule has 12 heavy (non-hydrogen) atoms. The van der Waals surface area contributed by atoms with Gasteiger partial charge in [-0.05, 0) is 15.9 Å². The Labute approximate surface area is 74.8 Å². The van der Waals surface area contributed by atoms with E-state index in [0.29, 0.717) is 9.15 Å². The Morgan fingerprint density at radius 2 is 2.17 bits per heavy atom. The molecule has 0 aliphatic carbocycles. The van der Waals surface area contributed by atoms with Gasteiger partial charge in [-0.1, -0.05) is 6.58 Å². The molecule has 0 fully saturated rings. The summed E-state index contributed by atoms with van der Waals surface area (Å²) in [5.41, 5.74) is -1.01. The maximum atomic E-state index is 12.0. The van der Waals surface area contributed by atoms with Crippen molar-refractivity contribution < 1.29 is 13.2 Å². The van der Waals surface area contributed by atoms with E-state index in [0.717, 1.165) is 0 Å². The van der Waals surface area contributed by atoms with Gasteiger partial charge in [-0.3, -0.25) is 0 Å². The van der Waals surface area contributed by atoms with Crippen LogP contribution in [0.4, 0.5) is 13.2 Å². The normalized spacial score (nSPS) is 11.7. The van der Waals surface area contributed by atoms with Gasteiger partial charge in [0.1, 0.15) is 5.70 Å². The second-order valence-electron chi connectivity index (χ2n) is 2.05. The van der Waals surface area contributed by atoms with Crippen LogP contribution in [-0.4, -0.2) is 16.0 Å². The zero-order valence-electron chi connectivity index (χ0n) is 5.77. The van der Waals surface area contributed by atoms with E-state index in [1.165, 1.54) is 12.4 Å². The van der Waals surface area contributed by atoms with Gasteiger partial charge in [0, 0.05) is 6.20 Å². The number of alkyl halides is 3. The minimum Gasteiger partial charge on any atom is -0.235 e. The molecule has 1 aromatic heterocycles. The summed E-state index contributed by atoms with van der Waals surface area (Å²) in [7, 11) is 0. The van der Waals surface area contributed by atoms with Crippen molar-refractivity contribution in [2.24, 2.45) is 0 Å². The quantitative estimate of drug-likeness (QED) is 0.738. The fourth-order valence-electron chi connectivity index (χ4n) is 0.578. The van der Waals surface area contributed by atoms with Crippen LogP contribution in [-0.2, 0) is 0 Å². The maximum Gasteiger partial charge on any atom is 0.432 e. The van der Waals surface area contributed by atoms with E-state index in [1.54, 1.807) is 0 Å². The number of halogens is 4. The third-order valence-electron chi connectivity index (χ3n) is 1.15. The Morgan fingerprint density at radius 3 is 2.50 bits per heavy atom. The second-order valence-corrected chi connectivity index (χ2v) is 2.96. The van der Waals surface area contributed by atoms with Gasteiger partial charge in [0.05, 0.1) is 10.7 Å². The minimum absolute atomic E-state index is 0.480. The molecule has 0 spiro atoms. The molecule has 0 amide bonds. The lowest BCUT2D eigenvalue weighted by molar-refractivity contribution is -0.0741. The number of allylic oxidation sites excluding steroid dienone is 1. The summed E-state index contributed by atoms with van der Waals surface area (Å²) in [6, 6.07) is 0. The molecular formula is C6H4BrF3N2. The standard InChI is InChI=1S/C6H4BrF3N2/c1-4(6(8,9)10)12-3-5(7)2-11-12/h2-3H,1H2. The molecule has 0 atom stereocenters. The number of hydrogen-bond acceptors (Lipinski definition) is 1. The first-order valence-electron chi connectivity index (χ1n) is 2.88. The lowest BCUT2D eigenvalue weighted by Gasteiger charge is -2.08. The predicted molar refractivity (Wildman–Crippen MR) is 41.3 cm³/mol. The summed E-state index contributed by atoms with van der Waals surface area (Å²) in [6.07, 6.45) is -1.99. The van der Waals surface area contributed by atoms with Gasteiger partial charge >= 0.3 is 6.18 Å². The van der Waals surface area contributed by atoms with E-state index in [9.17, 15) is 13.2 Å². The van der Waals surface area contributed by atoms with E-state index in [2.05, 4.69) is 27.6 Å². The van der Waals surface area contributed by atoms with Crippen LogP contribution >= 0.6 is 15.9 Å². The molecule has 0 saturated heterocycles. The monoisotopic (exact) mass is 240 g/mol. The summed E-state index contributed by atoms with van der Waals surface area (Å²) in [6.45, 7) is 2.86. The second kappa shape index (κ2) is 2.93. The van der Waals surface area contributed by atoms with Crippen molar-refractivity contribution in [1.29, 1.82) is 0 Å². The highest BCUT2D eigenvalue weighted by atomic mass is 79.9. The SMILES string of the molecule is C=C(n1cc(Br)cn1)C(F)(F)F. The van der Waals surface area contributed by atoms with Crippen LogP contribution in [0.25, 0.3) is 5.70 Å². The van der Waals surface area contributed by atoms with Gasteiger partial charge < -0.3 is 0 Å². The van der Waals surface area contributed by atoms with Gasteiger partial charge in [-0.25, -0.2) is 4.68 Å². The number of rotatable bonds is 1. The fraction of sp³-hybridized carbons (Fsp3) is 0.167. The Bertz CT molecular complexity index is 302. The molecule has 1 aromatic rings. The van der Waals surface area contributed by atoms with E-state index < -0.39 is 11.9 Å². The molecule has 1 heterocycles. The molecular weight excluding hydrogens is 237 g/mol. The average Bonchev–Trinajstić information content (AvgIpc) is 2.32. The van der Waals surface area contributed by atoms with Gasteiger partial charge in [0.2, 0.25) is 0 Å². The first-order valence-corrected chi connectivity index (χ1v) is 3.67. The van der Waals surface area contributed by atoms with Crippen molar-refractivity contribution in [1.82, 2.24) is 9.78 Å². The van der Waals surface area contributed by atoms with Gasteiger partial charge in [0.15, 0.2) is 0 Å². The van der Waals surface area contributed by atoms with Crippen molar-refractivity contribution in [3.63, 3.8) is 0 Å². The van der Waals surface area contributed by atoms with Crippen LogP contribution in [0.2, 0.25) is 0 Å². The summed E-state index contributed by atoms with van der Waals surface area (Å²) in [5, 5.41) is 3.43. The summed E-state index contributed by atoms with van der Waals surface area (Å²) >= 11 is 2.98. The zero-order chi connectivity index (χ0) is 9.35. The molecule has 1 rings (SSSR count). The minimum atomic E-state index is -4.44. The molecule has 0 saturated carbocycles. The van der Waals surface area contributed by atoms with Crippen LogP contribution < -0.4 is 0 Å². The van der Waals surface area contributed by atoms with Crippen molar-refractivity contribution in [3.8, 4) is 0 Å². The van der Waals surface area contributed by atoms with Gasteiger partial charge in [-0.15, -0.1) is 0 Å². The predicted octanol–water partition coefficient (Wildman–Crippen LogP) is 2.68. The summed E-state index contributed by atoms with van der Waals surface area (Å²) < 4.78 is 37.1. The third kappa shape index (κ3) is 1.88. The Morgan fingerprint density at radius 1 is 1.58 bits per heavy atom. The number of nitrogens with zero attached hydrogens (tertiary/aromatic N) is 2. The molecule has 0 bridgehead atoms. The van der Waals surface area contributed by atoms with E-state index in [4.69, 9.17) is 0 Å². The first-order chi connectivity index (χ1) is 5.41. The molecule has 0 unspecified atom stereocenters. The zero-order valence-corrected chi connectivity index (χ0v) is 7.35. The van der Waals surface area contributed by atoms with Crippen LogP contribution in [0.15, 0.2) is 23.4 Å².